The van der Waals surface area contributed by atoms with Crippen molar-refractivity contribution in [2.45, 2.75) is 77.0 Å². The number of hydrogen-bond donors (Lipinski definition) is 1. The first-order chi connectivity index (χ1) is 27.8. The molecule has 2 aromatic heterocycles. The van der Waals surface area contributed by atoms with Gasteiger partial charge in [-0.05, 0) is 29.5 Å². The van der Waals surface area contributed by atoms with Gasteiger partial charge in [-0.1, -0.05) is 105 Å². The van der Waals surface area contributed by atoms with Gasteiger partial charge in [-0.3, -0.25) is 14.2 Å². The molecule has 298 valence electrons. The lowest BCUT2D eigenvalue weighted by Crippen LogP contribution is -2.40. The minimum atomic E-state index is -1.59. The van der Waals surface area contributed by atoms with Gasteiger partial charge in [0.2, 0.25) is 0 Å². The van der Waals surface area contributed by atoms with Gasteiger partial charge in [-0.2, -0.15) is 5.26 Å². The molecular formula is C42H48N7O7P. The quantitative estimate of drug-likeness (QED) is 0.0384. The van der Waals surface area contributed by atoms with Gasteiger partial charge in [0.1, 0.15) is 18.0 Å². The van der Waals surface area contributed by atoms with Crippen molar-refractivity contribution in [3.8, 4) is 6.07 Å². The average molecular weight is 794 g/mol. The standard InChI is InChI=1S/C42H48N7O7P/c1-5-24-48(25-6-2)57(52-26-16-23-43)53-27-35-37(54-30(3)50)38(55-31(4)51)41(56-35)49-29-46-36-39(44-28-45-40(36)49)47-42(32-17-10-7-11-18-32,33-19-12-8-13-20-33)34-21-14-9-15-22-34/h7-15,17-22,28-29,35,37-38,41H,5-6,16,24-27H2,1-4H3,(H,44,45,47)/t35-,37-,38-,41-,57?/m1/s1. The SMILES string of the molecule is CCCN(CCC)P(OCCC#N)OC[C@H]1O[C@@H](n2cnc3c(NC(c4ccccc4)(c4ccccc4)c4ccccc4)ncnc32)[C@H](OC(C)=O)[C@@H]1OC(C)=O. The van der Waals surface area contributed by atoms with Gasteiger partial charge in [-0.15, -0.1) is 0 Å². The van der Waals surface area contributed by atoms with Crippen molar-refractivity contribution in [1.82, 2.24) is 24.2 Å². The van der Waals surface area contributed by atoms with E-state index in [1.165, 1.54) is 20.2 Å². The van der Waals surface area contributed by atoms with E-state index in [1.54, 1.807) is 10.9 Å². The fourth-order valence-electron chi connectivity index (χ4n) is 7.10. The van der Waals surface area contributed by atoms with Crippen LogP contribution in [0.25, 0.3) is 11.2 Å². The van der Waals surface area contributed by atoms with Gasteiger partial charge in [0.25, 0.3) is 8.53 Å². The zero-order chi connectivity index (χ0) is 40.2. The smallest absolute Gasteiger partial charge is 0.303 e. The van der Waals surface area contributed by atoms with Crippen molar-refractivity contribution < 1.29 is 32.8 Å². The van der Waals surface area contributed by atoms with E-state index in [0.717, 1.165) is 42.6 Å². The number of carbonyl (C=O) groups is 2. The predicted molar refractivity (Wildman–Crippen MR) is 214 cm³/mol. The Morgan fingerprint density at radius 1 is 0.842 bits per heavy atom. The van der Waals surface area contributed by atoms with Crippen molar-refractivity contribution >= 4 is 37.4 Å². The number of anilines is 1. The third-order valence-corrected chi connectivity index (χ3v) is 11.0. The second-order valence-corrected chi connectivity index (χ2v) is 15.0. The van der Waals surface area contributed by atoms with E-state index < -0.39 is 50.5 Å². The molecule has 0 amide bonds. The molecule has 5 aromatic rings. The van der Waals surface area contributed by atoms with E-state index in [-0.39, 0.29) is 19.6 Å². The number of nitrogens with one attached hydrogen (secondary N) is 1. The number of aromatic nitrogens is 4. The Morgan fingerprint density at radius 2 is 1.40 bits per heavy atom. The van der Waals surface area contributed by atoms with E-state index in [9.17, 15) is 9.59 Å². The van der Waals surface area contributed by atoms with Gasteiger partial charge in [-0.25, -0.2) is 19.6 Å². The lowest BCUT2D eigenvalue weighted by atomic mass is 9.77. The van der Waals surface area contributed by atoms with E-state index in [1.807, 2.05) is 54.6 Å². The molecule has 1 aliphatic heterocycles. The van der Waals surface area contributed by atoms with Crippen molar-refractivity contribution in [1.29, 1.82) is 5.26 Å². The fourth-order valence-corrected chi connectivity index (χ4v) is 8.75. The Hall–Kier alpha value is -5.29. The van der Waals surface area contributed by atoms with E-state index >= 15 is 0 Å². The van der Waals surface area contributed by atoms with E-state index in [0.29, 0.717) is 17.0 Å². The van der Waals surface area contributed by atoms with Crippen LogP contribution in [0.4, 0.5) is 5.82 Å². The normalized spacial score (nSPS) is 18.6. The molecule has 3 heterocycles. The maximum Gasteiger partial charge on any atom is 0.303 e. The number of imidazole rings is 1. The molecule has 6 rings (SSSR count). The molecule has 1 aliphatic rings. The summed E-state index contributed by atoms with van der Waals surface area (Å²) in [5, 5.41) is 12.9. The predicted octanol–water partition coefficient (Wildman–Crippen LogP) is 7.29. The molecule has 0 radical (unpaired) electrons. The van der Waals surface area contributed by atoms with Crippen molar-refractivity contribution in [3.05, 3.63) is 120 Å². The van der Waals surface area contributed by atoms with E-state index in [2.05, 4.69) is 71.3 Å². The van der Waals surface area contributed by atoms with E-state index in [4.69, 9.17) is 38.5 Å². The first-order valence-corrected chi connectivity index (χ1v) is 20.2. The highest BCUT2D eigenvalue weighted by atomic mass is 31.2. The van der Waals surface area contributed by atoms with Gasteiger partial charge in [0.05, 0.1) is 32.0 Å². The summed E-state index contributed by atoms with van der Waals surface area (Å²) in [5.41, 5.74) is 2.84. The number of rotatable bonds is 19. The second kappa shape index (κ2) is 19.7. The summed E-state index contributed by atoms with van der Waals surface area (Å²) in [6.07, 6.45) is 0.902. The lowest BCUT2D eigenvalue weighted by molar-refractivity contribution is -0.165. The molecule has 0 saturated carbocycles. The lowest BCUT2D eigenvalue weighted by Gasteiger charge is -2.37. The second-order valence-electron chi connectivity index (χ2n) is 13.5. The van der Waals surface area contributed by atoms with Crippen LogP contribution in [0, 0.1) is 11.3 Å². The summed E-state index contributed by atoms with van der Waals surface area (Å²) in [6, 6.07) is 32.5. The maximum atomic E-state index is 12.6. The van der Waals surface area contributed by atoms with Gasteiger partial charge >= 0.3 is 11.9 Å². The largest absolute Gasteiger partial charge is 0.456 e. The van der Waals surface area contributed by atoms with Crippen LogP contribution in [0.3, 0.4) is 0 Å². The Kier molecular flexibility index (Phi) is 14.3. The highest BCUT2D eigenvalue weighted by molar-refractivity contribution is 7.44. The van der Waals surface area contributed by atoms with Gasteiger partial charge in [0, 0.05) is 26.9 Å². The van der Waals surface area contributed by atoms with Crippen LogP contribution >= 0.6 is 8.53 Å². The molecule has 5 atom stereocenters. The molecule has 15 heteroatoms. The number of hydrogen-bond acceptors (Lipinski definition) is 13. The Bertz CT molecular complexity index is 2000. The minimum absolute atomic E-state index is 0.0590. The average Bonchev–Trinajstić information content (AvgIpc) is 3.80. The van der Waals surface area contributed by atoms with Crippen LogP contribution in [0.5, 0.6) is 0 Å². The molecule has 0 aliphatic carbocycles. The third-order valence-electron chi connectivity index (χ3n) is 9.41. The molecule has 0 bridgehead atoms. The maximum absolute atomic E-state index is 12.6. The van der Waals surface area contributed by atoms with Crippen LogP contribution in [0.2, 0.25) is 0 Å². The number of fused-ring (bicyclic) bond motifs is 1. The number of carbonyl (C=O) groups excluding carboxylic acids is 2. The van der Waals surface area contributed by atoms with Crippen molar-refractivity contribution in [3.63, 3.8) is 0 Å². The molecular weight excluding hydrogens is 745 g/mol. The van der Waals surface area contributed by atoms with Crippen molar-refractivity contribution in [2.24, 2.45) is 0 Å². The molecule has 1 fully saturated rings. The minimum Gasteiger partial charge on any atom is -0.456 e. The number of ether oxygens (including phenoxy) is 3. The number of benzene rings is 3. The van der Waals surface area contributed by atoms with Crippen LogP contribution in [0.15, 0.2) is 104 Å². The Labute approximate surface area is 334 Å². The number of esters is 2. The zero-order valence-corrected chi connectivity index (χ0v) is 33.5. The summed E-state index contributed by atoms with van der Waals surface area (Å²) in [4.78, 5) is 39.3. The monoisotopic (exact) mass is 793 g/mol. The molecule has 0 spiro atoms. The fraction of sp³-hybridized carbons (Fsp3) is 0.381. The van der Waals surface area contributed by atoms with Gasteiger partial charge in [0.15, 0.2) is 35.4 Å². The van der Waals surface area contributed by atoms with Crippen LogP contribution in [-0.2, 0) is 38.4 Å². The van der Waals surface area contributed by atoms with Crippen LogP contribution in [-0.4, -0.2) is 80.7 Å². The van der Waals surface area contributed by atoms with Crippen molar-refractivity contribution in [2.75, 3.05) is 31.6 Å². The highest BCUT2D eigenvalue weighted by Gasteiger charge is 2.51. The number of nitriles is 1. The molecule has 57 heavy (non-hydrogen) atoms. The third kappa shape index (κ3) is 9.47. The first-order valence-electron chi connectivity index (χ1n) is 19.1. The topological polar surface area (TPSA) is 163 Å². The first kappa shape index (κ1) is 41.3. The molecule has 3 aromatic carbocycles. The molecule has 1 saturated heterocycles. The Balaban J connectivity index is 1.39. The van der Waals surface area contributed by atoms with Gasteiger partial charge < -0.3 is 28.6 Å². The van der Waals surface area contributed by atoms with Crippen LogP contribution < -0.4 is 5.32 Å². The summed E-state index contributed by atoms with van der Waals surface area (Å²) < 4.78 is 34.5. The zero-order valence-electron chi connectivity index (χ0n) is 32.6. The Morgan fingerprint density at radius 3 is 1.93 bits per heavy atom. The number of nitrogens with zero attached hydrogens (tertiary/aromatic N) is 6. The molecule has 14 nitrogen and oxygen atoms in total. The molecule has 1 N–H and O–H groups in total. The highest BCUT2D eigenvalue weighted by Crippen LogP contribution is 2.46. The summed E-state index contributed by atoms with van der Waals surface area (Å²) in [6.45, 7) is 8.30. The summed E-state index contributed by atoms with van der Waals surface area (Å²) >= 11 is 0. The summed E-state index contributed by atoms with van der Waals surface area (Å²) in [7, 11) is -1.59. The molecule has 1 unspecified atom stereocenters. The summed E-state index contributed by atoms with van der Waals surface area (Å²) in [5.74, 6) is -0.729. The van der Waals surface area contributed by atoms with Crippen LogP contribution in [0.1, 0.15) is 69.9 Å².